The fourth-order valence-electron chi connectivity index (χ4n) is 3.97. The molecule has 0 bridgehead atoms. The summed E-state index contributed by atoms with van der Waals surface area (Å²) in [7, 11) is -0.383. The van der Waals surface area contributed by atoms with E-state index in [1.165, 1.54) is 12.7 Å². The molecule has 6 aromatic rings. The standard InChI is InChI=1S/C12H12BN5O2.C12H11BN5O.H2O/c14-11-10-12(16-6-15-11)17-7-18(10)5-8-1-3-9(4-2-8)13(19)20;14-11-10-12(16-6-15-11)18(7-17-10)5-8-1-3-9(13-19)4-2-8;/h1-4,6-7,19-20H,5H2,(H2,14,15,16);1-4,6-7,19H,5H2,(H2,14,15,16);1H2. The largest absolute Gasteiger partial charge is 0.488 e. The average Bonchev–Trinajstić information content (AvgIpc) is 3.55. The van der Waals surface area contributed by atoms with Crippen LogP contribution in [0.5, 0.6) is 0 Å². The Labute approximate surface area is 228 Å². The van der Waals surface area contributed by atoms with Crippen molar-refractivity contribution in [2.75, 3.05) is 11.5 Å². The summed E-state index contributed by atoms with van der Waals surface area (Å²) in [5.74, 6) is 0.767. The van der Waals surface area contributed by atoms with E-state index in [0.29, 0.717) is 52.5 Å². The highest BCUT2D eigenvalue weighted by Crippen LogP contribution is 2.17. The number of hydrogen-bond donors (Lipinski definition) is 5. The molecule has 4 heterocycles. The molecule has 0 atom stereocenters. The lowest BCUT2D eigenvalue weighted by Gasteiger charge is -2.06. The third kappa shape index (κ3) is 6.05. The Bertz CT molecular complexity index is 1710. The van der Waals surface area contributed by atoms with Crippen LogP contribution in [0.3, 0.4) is 0 Å². The van der Waals surface area contributed by atoms with Crippen molar-refractivity contribution in [2.24, 2.45) is 0 Å². The number of anilines is 2. The molecular weight excluding hydrogens is 514 g/mol. The average molecular weight is 539 g/mol. The molecule has 2 aromatic carbocycles. The molecule has 0 aliphatic rings. The number of fused-ring (bicyclic) bond motifs is 2. The van der Waals surface area contributed by atoms with E-state index >= 15 is 0 Å². The molecule has 0 saturated heterocycles. The van der Waals surface area contributed by atoms with Gasteiger partial charge >= 0.3 is 14.6 Å². The molecule has 4 aromatic heterocycles. The summed E-state index contributed by atoms with van der Waals surface area (Å²) < 4.78 is 3.76. The van der Waals surface area contributed by atoms with Crippen molar-refractivity contribution >= 4 is 59.5 Å². The number of nitrogen functional groups attached to an aromatic ring is 2. The lowest BCUT2D eigenvalue weighted by molar-refractivity contribution is 0.426. The van der Waals surface area contributed by atoms with Crippen LogP contribution in [0.25, 0.3) is 22.3 Å². The third-order valence-electron chi connectivity index (χ3n) is 5.98. The summed E-state index contributed by atoms with van der Waals surface area (Å²) in [6, 6.07) is 14.5. The van der Waals surface area contributed by atoms with Crippen LogP contribution in [0, 0.1) is 0 Å². The highest BCUT2D eigenvalue weighted by Gasteiger charge is 2.12. The van der Waals surface area contributed by atoms with Gasteiger partial charge in [0.15, 0.2) is 22.9 Å². The quantitative estimate of drug-likeness (QED) is 0.145. The van der Waals surface area contributed by atoms with Crippen LogP contribution < -0.4 is 22.4 Å². The Morgan fingerprint density at radius 3 is 2.00 bits per heavy atom. The van der Waals surface area contributed by atoms with Gasteiger partial charge in [-0.15, -0.1) is 0 Å². The lowest BCUT2D eigenvalue weighted by atomic mass is 9.80. The fraction of sp³-hybridized carbons (Fsp3) is 0.0833. The first-order chi connectivity index (χ1) is 18.9. The van der Waals surface area contributed by atoms with Crippen LogP contribution >= 0.6 is 0 Å². The minimum Gasteiger partial charge on any atom is -0.450 e. The molecule has 201 valence electrons. The number of aromatic nitrogens is 8. The zero-order chi connectivity index (χ0) is 27.4. The topological polar surface area (TPSA) is 231 Å². The lowest BCUT2D eigenvalue weighted by Crippen LogP contribution is -2.29. The number of imidazole rings is 2. The maximum atomic E-state index is 9.06. The van der Waals surface area contributed by atoms with E-state index < -0.39 is 7.12 Å². The van der Waals surface area contributed by atoms with Crippen LogP contribution in [0.1, 0.15) is 11.1 Å². The Kier molecular flexibility index (Phi) is 8.66. The first-order valence-electron chi connectivity index (χ1n) is 11.8. The predicted octanol–water partition coefficient (Wildman–Crippen LogP) is -1.99. The molecule has 0 saturated carbocycles. The van der Waals surface area contributed by atoms with E-state index in [0.717, 1.165) is 24.1 Å². The van der Waals surface area contributed by atoms with Crippen molar-refractivity contribution in [3.63, 3.8) is 0 Å². The van der Waals surface area contributed by atoms with Gasteiger partial charge in [0.25, 0.3) is 0 Å². The summed E-state index contributed by atoms with van der Waals surface area (Å²) >= 11 is 0. The van der Waals surface area contributed by atoms with Gasteiger partial charge in [0.1, 0.15) is 23.7 Å². The summed E-state index contributed by atoms with van der Waals surface area (Å²) in [6.07, 6.45) is 6.17. The van der Waals surface area contributed by atoms with E-state index in [-0.39, 0.29) is 5.48 Å². The molecule has 0 aliphatic heterocycles. The normalized spacial score (nSPS) is 10.6. The molecule has 0 unspecified atom stereocenters. The molecule has 16 heteroatoms. The molecule has 14 nitrogen and oxygen atoms in total. The van der Waals surface area contributed by atoms with Crippen molar-refractivity contribution in [3.05, 3.63) is 85.0 Å². The van der Waals surface area contributed by atoms with Gasteiger partial charge < -0.3 is 41.1 Å². The molecular formula is C24H25B2N10O4. The minimum atomic E-state index is -1.46. The van der Waals surface area contributed by atoms with Gasteiger partial charge in [-0.1, -0.05) is 54.0 Å². The number of nitrogens with zero attached hydrogens (tertiary/aromatic N) is 8. The van der Waals surface area contributed by atoms with E-state index in [1.807, 2.05) is 45.5 Å². The van der Waals surface area contributed by atoms with Crippen LogP contribution in [0.2, 0.25) is 0 Å². The van der Waals surface area contributed by atoms with Crippen LogP contribution in [0.15, 0.2) is 73.8 Å². The second-order valence-electron chi connectivity index (χ2n) is 8.59. The predicted molar refractivity (Wildman–Crippen MR) is 152 cm³/mol. The molecule has 40 heavy (non-hydrogen) atoms. The Balaban J connectivity index is 0.000000181. The van der Waals surface area contributed by atoms with Crippen molar-refractivity contribution < 1.29 is 20.5 Å². The fourth-order valence-corrected chi connectivity index (χ4v) is 3.97. The Morgan fingerprint density at radius 2 is 1.32 bits per heavy atom. The van der Waals surface area contributed by atoms with Crippen LogP contribution in [-0.2, 0) is 13.1 Å². The van der Waals surface area contributed by atoms with Gasteiger partial charge in [-0.3, -0.25) is 0 Å². The summed E-state index contributed by atoms with van der Waals surface area (Å²) in [6.45, 7) is 1.19. The van der Waals surface area contributed by atoms with Gasteiger partial charge in [-0.05, 0) is 16.6 Å². The zero-order valence-electron chi connectivity index (χ0n) is 21.1. The zero-order valence-corrected chi connectivity index (χ0v) is 21.1. The van der Waals surface area contributed by atoms with Crippen molar-refractivity contribution in [1.82, 2.24) is 39.0 Å². The van der Waals surface area contributed by atoms with Gasteiger partial charge in [0, 0.05) is 6.54 Å². The Morgan fingerprint density at radius 1 is 0.725 bits per heavy atom. The first-order valence-corrected chi connectivity index (χ1v) is 11.8. The van der Waals surface area contributed by atoms with E-state index in [2.05, 4.69) is 29.9 Å². The Hall–Kier alpha value is -4.89. The first kappa shape index (κ1) is 28.1. The van der Waals surface area contributed by atoms with Gasteiger partial charge in [-0.25, -0.2) is 29.9 Å². The number of nitrogens with two attached hydrogens (primary N) is 2. The maximum absolute atomic E-state index is 9.06. The molecule has 1 radical (unpaired) electrons. The highest BCUT2D eigenvalue weighted by atomic mass is 16.4. The maximum Gasteiger partial charge on any atom is 0.488 e. The minimum absolute atomic E-state index is 0. The van der Waals surface area contributed by atoms with Crippen LogP contribution in [0.4, 0.5) is 11.6 Å². The number of hydrogen-bond acceptors (Lipinski definition) is 11. The number of rotatable bonds is 6. The number of benzene rings is 2. The molecule has 0 aliphatic carbocycles. The highest BCUT2D eigenvalue weighted by molar-refractivity contribution is 6.58. The summed E-state index contributed by atoms with van der Waals surface area (Å²) in [5, 5.41) is 27.0. The van der Waals surface area contributed by atoms with Gasteiger partial charge in [0.2, 0.25) is 0 Å². The van der Waals surface area contributed by atoms with Crippen LogP contribution in [-0.4, -0.2) is 74.2 Å². The van der Waals surface area contributed by atoms with Gasteiger partial charge in [0.05, 0.1) is 19.2 Å². The molecule has 0 spiro atoms. The summed E-state index contributed by atoms with van der Waals surface area (Å²) in [4.78, 5) is 24.5. The van der Waals surface area contributed by atoms with E-state index in [9.17, 15) is 0 Å². The second-order valence-corrected chi connectivity index (χ2v) is 8.59. The summed E-state index contributed by atoms with van der Waals surface area (Å²) in [5.41, 5.74) is 17.4. The van der Waals surface area contributed by atoms with Crippen molar-refractivity contribution in [1.29, 1.82) is 0 Å². The van der Waals surface area contributed by atoms with Crippen molar-refractivity contribution in [3.8, 4) is 0 Å². The molecule has 9 N–H and O–H groups in total. The van der Waals surface area contributed by atoms with E-state index in [1.54, 1.807) is 24.8 Å². The second kappa shape index (κ2) is 12.3. The van der Waals surface area contributed by atoms with Crippen molar-refractivity contribution in [2.45, 2.75) is 13.1 Å². The molecule has 6 rings (SSSR count). The van der Waals surface area contributed by atoms with E-state index in [4.69, 9.17) is 26.5 Å². The molecule has 0 fully saturated rings. The monoisotopic (exact) mass is 539 g/mol. The molecule has 0 amide bonds. The third-order valence-corrected chi connectivity index (χ3v) is 5.98. The smallest absolute Gasteiger partial charge is 0.450 e. The van der Waals surface area contributed by atoms with Gasteiger partial charge in [-0.2, -0.15) is 0 Å². The SMILES string of the molecule is Nc1ncnc2c1ncn2Cc1ccc([B]O)cc1.Nc1ncnc2ncn(Cc3ccc(B(O)O)cc3)c12.O.